The van der Waals surface area contributed by atoms with Gasteiger partial charge in [-0.15, -0.1) is 0 Å². The van der Waals surface area contributed by atoms with Gasteiger partial charge in [-0.2, -0.15) is 0 Å². The highest BCUT2D eigenvalue weighted by atomic mass is 16.5. The molecule has 29 heavy (non-hydrogen) atoms. The molecule has 0 saturated carbocycles. The number of carbonyl (C=O) groups excluding carboxylic acids is 1. The maximum atomic E-state index is 12.4. The number of morpholine rings is 1. The van der Waals surface area contributed by atoms with E-state index in [1.807, 2.05) is 42.5 Å². The lowest BCUT2D eigenvalue weighted by Gasteiger charge is -2.28. The van der Waals surface area contributed by atoms with Gasteiger partial charge >= 0.3 is 0 Å². The molecule has 0 radical (unpaired) electrons. The van der Waals surface area contributed by atoms with Crippen LogP contribution in [0.25, 0.3) is 16.9 Å². The number of hydrogen-bond acceptors (Lipinski definition) is 5. The zero-order valence-electron chi connectivity index (χ0n) is 15.9. The molecule has 2 aliphatic heterocycles. The average molecular weight is 387 g/mol. The minimum Gasteiger partial charge on any atom is -0.464 e. The van der Waals surface area contributed by atoms with Crippen LogP contribution in [0.1, 0.15) is 5.56 Å². The molecule has 0 bridgehead atoms. The maximum Gasteiger partial charge on any atom is 0.257 e. The molecule has 2 aromatic carbocycles. The second-order valence-corrected chi connectivity index (χ2v) is 7.04. The van der Waals surface area contributed by atoms with E-state index in [2.05, 4.69) is 27.7 Å². The average Bonchev–Trinajstić information content (AvgIpc) is 3.40. The van der Waals surface area contributed by atoms with E-state index in [9.17, 15) is 4.79 Å². The molecular formula is C23H21N3O3. The van der Waals surface area contributed by atoms with Crippen molar-refractivity contribution >= 4 is 28.5 Å². The number of furan rings is 1. The third-order valence-corrected chi connectivity index (χ3v) is 5.23. The first kappa shape index (κ1) is 17.6. The number of anilines is 3. The molecule has 5 rings (SSSR count). The number of fused-ring (bicyclic) bond motifs is 1. The van der Waals surface area contributed by atoms with E-state index in [0.717, 1.165) is 54.6 Å². The molecule has 6 heteroatoms. The maximum absolute atomic E-state index is 12.4. The molecule has 0 spiro atoms. The molecule has 2 aliphatic rings. The summed E-state index contributed by atoms with van der Waals surface area (Å²) in [6, 6.07) is 17.8. The summed E-state index contributed by atoms with van der Waals surface area (Å²) in [5.74, 6) is 0.659. The Bertz CT molecular complexity index is 1050. The van der Waals surface area contributed by atoms with Gasteiger partial charge in [0.05, 0.1) is 25.1 Å². The molecule has 1 saturated heterocycles. The summed E-state index contributed by atoms with van der Waals surface area (Å²) in [4.78, 5) is 14.8. The van der Waals surface area contributed by atoms with Crippen LogP contribution in [0, 0.1) is 0 Å². The molecule has 0 unspecified atom stereocenters. The SMILES string of the molecule is O=C1Nc2cc(-c3ccco3)ccc2C1=CNc1ccc(N2CCOCC2)cc1. The van der Waals surface area contributed by atoms with Crippen LogP contribution in [0.3, 0.4) is 0 Å². The Morgan fingerprint density at radius 3 is 2.62 bits per heavy atom. The molecule has 1 aromatic heterocycles. The van der Waals surface area contributed by atoms with Crippen molar-refractivity contribution in [3.63, 3.8) is 0 Å². The number of amides is 1. The van der Waals surface area contributed by atoms with Gasteiger partial charge in [-0.3, -0.25) is 4.79 Å². The van der Waals surface area contributed by atoms with E-state index in [-0.39, 0.29) is 5.91 Å². The minimum atomic E-state index is -0.117. The molecule has 3 aromatic rings. The predicted octanol–water partition coefficient (Wildman–Crippen LogP) is 4.19. The largest absolute Gasteiger partial charge is 0.464 e. The van der Waals surface area contributed by atoms with E-state index in [1.165, 1.54) is 5.69 Å². The number of nitrogens with one attached hydrogen (secondary N) is 2. The number of ether oxygens (including phenoxy) is 1. The summed E-state index contributed by atoms with van der Waals surface area (Å²) in [6.45, 7) is 3.35. The van der Waals surface area contributed by atoms with Crippen LogP contribution >= 0.6 is 0 Å². The van der Waals surface area contributed by atoms with Gasteiger partial charge in [0, 0.05) is 47.5 Å². The van der Waals surface area contributed by atoms with Crippen LogP contribution in [0.15, 0.2) is 71.5 Å². The molecule has 1 amide bonds. The van der Waals surface area contributed by atoms with Crippen LogP contribution in [0.5, 0.6) is 0 Å². The summed E-state index contributed by atoms with van der Waals surface area (Å²) < 4.78 is 10.8. The number of benzene rings is 2. The molecule has 1 fully saturated rings. The molecular weight excluding hydrogens is 366 g/mol. The molecule has 0 atom stereocenters. The first-order valence-electron chi connectivity index (χ1n) is 9.67. The monoisotopic (exact) mass is 387 g/mol. The van der Waals surface area contributed by atoms with Crippen molar-refractivity contribution in [3.05, 3.63) is 72.6 Å². The molecule has 0 aliphatic carbocycles. The van der Waals surface area contributed by atoms with E-state index < -0.39 is 0 Å². The van der Waals surface area contributed by atoms with Crippen molar-refractivity contribution in [2.24, 2.45) is 0 Å². The van der Waals surface area contributed by atoms with Gasteiger partial charge in [0.25, 0.3) is 5.91 Å². The fraction of sp³-hybridized carbons (Fsp3) is 0.174. The molecule has 146 valence electrons. The summed E-state index contributed by atoms with van der Waals surface area (Å²) in [6.07, 6.45) is 3.40. The van der Waals surface area contributed by atoms with Crippen molar-refractivity contribution < 1.29 is 13.9 Å². The van der Waals surface area contributed by atoms with Gasteiger partial charge in [0.15, 0.2) is 0 Å². The van der Waals surface area contributed by atoms with E-state index in [0.29, 0.717) is 5.57 Å². The van der Waals surface area contributed by atoms with Crippen molar-refractivity contribution in [1.29, 1.82) is 0 Å². The molecule has 2 N–H and O–H groups in total. The van der Waals surface area contributed by atoms with Crippen molar-refractivity contribution in [1.82, 2.24) is 0 Å². The lowest BCUT2D eigenvalue weighted by molar-refractivity contribution is -0.110. The summed E-state index contributed by atoms with van der Waals surface area (Å²) in [7, 11) is 0. The Morgan fingerprint density at radius 2 is 1.86 bits per heavy atom. The summed E-state index contributed by atoms with van der Waals surface area (Å²) >= 11 is 0. The Labute approximate surface area is 168 Å². The predicted molar refractivity (Wildman–Crippen MR) is 114 cm³/mol. The van der Waals surface area contributed by atoms with Crippen molar-refractivity contribution in [2.45, 2.75) is 0 Å². The van der Waals surface area contributed by atoms with Crippen LogP contribution in [-0.4, -0.2) is 32.2 Å². The lowest BCUT2D eigenvalue weighted by Crippen LogP contribution is -2.36. The van der Waals surface area contributed by atoms with Crippen molar-refractivity contribution in [2.75, 3.05) is 41.8 Å². The fourth-order valence-corrected chi connectivity index (χ4v) is 3.68. The first-order chi connectivity index (χ1) is 14.3. The molecule has 3 heterocycles. The second kappa shape index (κ2) is 7.48. The third-order valence-electron chi connectivity index (χ3n) is 5.23. The van der Waals surface area contributed by atoms with Gasteiger partial charge in [-0.05, 0) is 42.5 Å². The zero-order chi connectivity index (χ0) is 19.6. The quantitative estimate of drug-likeness (QED) is 0.657. The Kier molecular flexibility index (Phi) is 4.54. The van der Waals surface area contributed by atoms with Crippen LogP contribution in [-0.2, 0) is 9.53 Å². The highest BCUT2D eigenvalue weighted by molar-refractivity contribution is 6.31. The smallest absolute Gasteiger partial charge is 0.257 e. The topological polar surface area (TPSA) is 66.7 Å². The second-order valence-electron chi connectivity index (χ2n) is 7.04. The van der Waals surface area contributed by atoms with Crippen molar-refractivity contribution in [3.8, 4) is 11.3 Å². The van der Waals surface area contributed by atoms with Gasteiger partial charge in [0.1, 0.15) is 5.76 Å². The standard InChI is InChI=1S/C23H21N3O3/c27-23-20(19-8-3-16(14-21(19)25-23)22-2-1-11-29-22)15-24-17-4-6-18(7-5-17)26-9-12-28-13-10-26/h1-8,11,14-15,24H,9-10,12-13H2,(H,25,27). The van der Waals surface area contributed by atoms with Gasteiger partial charge < -0.3 is 24.7 Å². The number of nitrogens with zero attached hydrogens (tertiary/aromatic N) is 1. The zero-order valence-corrected chi connectivity index (χ0v) is 15.9. The van der Waals surface area contributed by atoms with Gasteiger partial charge in [-0.1, -0.05) is 12.1 Å². The van der Waals surface area contributed by atoms with E-state index in [1.54, 1.807) is 12.5 Å². The lowest BCUT2D eigenvalue weighted by atomic mass is 10.0. The minimum absolute atomic E-state index is 0.117. The summed E-state index contributed by atoms with van der Waals surface area (Å²) in [5, 5.41) is 6.18. The number of hydrogen-bond donors (Lipinski definition) is 2. The van der Waals surface area contributed by atoms with E-state index >= 15 is 0 Å². The van der Waals surface area contributed by atoms with E-state index in [4.69, 9.17) is 9.15 Å². The Hall–Kier alpha value is -3.51. The molecule has 6 nitrogen and oxygen atoms in total. The Morgan fingerprint density at radius 1 is 1.03 bits per heavy atom. The first-order valence-corrected chi connectivity index (χ1v) is 9.67. The summed E-state index contributed by atoms with van der Waals surface area (Å²) in [5.41, 5.74) is 5.33. The van der Waals surface area contributed by atoms with Crippen LogP contribution in [0.4, 0.5) is 17.1 Å². The van der Waals surface area contributed by atoms with Gasteiger partial charge in [-0.25, -0.2) is 0 Å². The van der Waals surface area contributed by atoms with Gasteiger partial charge in [0.2, 0.25) is 0 Å². The third kappa shape index (κ3) is 3.50. The normalized spacial score (nSPS) is 17.3. The fourth-order valence-electron chi connectivity index (χ4n) is 3.68. The van der Waals surface area contributed by atoms with Crippen LogP contribution < -0.4 is 15.5 Å². The number of carbonyl (C=O) groups is 1. The highest BCUT2D eigenvalue weighted by Gasteiger charge is 2.24. The highest BCUT2D eigenvalue weighted by Crippen LogP contribution is 2.35. The number of rotatable bonds is 4. The Balaban J connectivity index is 1.33. The van der Waals surface area contributed by atoms with Crippen LogP contribution in [0.2, 0.25) is 0 Å².